The third-order valence-corrected chi connectivity index (χ3v) is 4.69. The van der Waals surface area contributed by atoms with Crippen LogP contribution in [0.4, 0.5) is 0 Å². The van der Waals surface area contributed by atoms with Gasteiger partial charge in [-0.25, -0.2) is 4.98 Å². The van der Waals surface area contributed by atoms with Gasteiger partial charge in [0.05, 0.1) is 11.7 Å². The maximum Gasteiger partial charge on any atom is 0.110 e. The monoisotopic (exact) mass is 238 g/mol. The molecule has 1 aliphatic carbocycles. The van der Waals surface area contributed by atoms with Crippen LogP contribution in [0.25, 0.3) is 0 Å². The smallest absolute Gasteiger partial charge is 0.110 e. The SMILES string of the molecule is Cc1nc(C(C)NC2CC2)sc1C(C)(C)C. The van der Waals surface area contributed by atoms with E-state index in [2.05, 4.69) is 39.9 Å². The predicted molar refractivity (Wildman–Crippen MR) is 70.1 cm³/mol. The summed E-state index contributed by atoms with van der Waals surface area (Å²) in [5.41, 5.74) is 1.43. The second-order valence-electron chi connectivity index (χ2n) is 5.88. The molecule has 1 aromatic rings. The molecule has 1 unspecified atom stereocenters. The van der Waals surface area contributed by atoms with E-state index < -0.39 is 0 Å². The molecule has 2 rings (SSSR count). The highest BCUT2D eigenvalue weighted by atomic mass is 32.1. The molecule has 2 nitrogen and oxygen atoms in total. The van der Waals surface area contributed by atoms with E-state index in [1.807, 2.05) is 11.3 Å². The minimum absolute atomic E-state index is 0.222. The minimum Gasteiger partial charge on any atom is -0.305 e. The quantitative estimate of drug-likeness (QED) is 0.871. The zero-order valence-corrected chi connectivity index (χ0v) is 11.7. The molecular weight excluding hydrogens is 216 g/mol. The fraction of sp³-hybridized carbons (Fsp3) is 0.769. The molecule has 0 aliphatic heterocycles. The van der Waals surface area contributed by atoms with E-state index in [4.69, 9.17) is 4.98 Å². The molecule has 0 spiro atoms. The average Bonchev–Trinajstić information content (AvgIpc) is 2.84. The number of rotatable bonds is 3. The van der Waals surface area contributed by atoms with Crippen molar-refractivity contribution in [2.75, 3.05) is 0 Å². The average molecular weight is 238 g/mol. The van der Waals surface area contributed by atoms with Gasteiger partial charge in [-0.15, -0.1) is 11.3 Å². The van der Waals surface area contributed by atoms with Gasteiger partial charge in [0, 0.05) is 10.9 Å². The number of nitrogens with zero attached hydrogens (tertiary/aromatic N) is 1. The first-order valence-electron chi connectivity index (χ1n) is 6.12. The Labute approximate surface area is 102 Å². The second-order valence-corrected chi connectivity index (χ2v) is 6.91. The van der Waals surface area contributed by atoms with Crippen molar-refractivity contribution in [2.45, 2.75) is 65.0 Å². The summed E-state index contributed by atoms with van der Waals surface area (Å²) < 4.78 is 0. The molecule has 1 fully saturated rings. The molecule has 1 heterocycles. The van der Waals surface area contributed by atoms with Crippen molar-refractivity contribution in [3.8, 4) is 0 Å². The van der Waals surface area contributed by atoms with Gasteiger partial charge >= 0.3 is 0 Å². The molecule has 1 N–H and O–H groups in total. The number of aromatic nitrogens is 1. The fourth-order valence-electron chi connectivity index (χ4n) is 1.97. The summed E-state index contributed by atoms with van der Waals surface area (Å²) in [7, 11) is 0. The van der Waals surface area contributed by atoms with Gasteiger partial charge < -0.3 is 5.32 Å². The maximum absolute atomic E-state index is 4.71. The first-order chi connectivity index (χ1) is 7.38. The van der Waals surface area contributed by atoms with Gasteiger partial charge in [-0.3, -0.25) is 0 Å². The van der Waals surface area contributed by atoms with Crippen molar-refractivity contribution in [1.82, 2.24) is 10.3 Å². The number of hydrogen-bond acceptors (Lipinski definition) is 3. The van der Waals surface area contributed by atoms with Gasteiger partial charge in [0.1, 0.15) is 5.01 Å². The molecule has 16 heavy (non-hydrogen) atoms. The number of thiazole rings is 1. The van der Waals surface area contributed by atoms with Crippen molar-refractivity contribution in [3.63, 3.8) is 0 Å². The normalized spacial score (nSPS) is 18.8. The highest BCUT2D eigenvalue weighted by Gasteiger charge is 2.26. The Hall–Kier alpha value is -0.410. The zero-order chi connectivity index (χ0) is 11.9. The Balaban J connectivity index is 2.15. The van der Waals surface area contributed by atoms with E-state index in [-0.39, 0.29) is 5.41 Å². The highest BCUT2D eigenvalue weighted by molar-refractivity contribution is 7.12. The fourth-order valence-corrected chi connectivity index (χ4v) is 3.11. The van der Waals surface area contributed by atoms with Gasteiger partial charge in [0.2, 0.25) is 0 Å². The maximum atomic E-state index is 4.71. The van der Waals surface area contributed by atoms with Gasteiger partial charge in [0.15, 0.2) is 0 Å². The zero-order valence-electron chi connectivity index (χ0n) is 10.9. The third kappa shape index (κ3) is 2.64. The van der Waals surface area contributed by atoms with Crippen LogP contribution in [0, 0.1) is 6.92 Å². The Morgan fingerprint density at radius 1 is 1.38 bits per heavy atom. The van der Waals surface area contributed by atoms with Crippen LogP contribution >= 0.6 is 11.3 Å². The highest BCUT2D eigenvalue weighted by Crippen LogP contribution is 2.34. The van der Waals surface area contributed by atoms with Gasteiger partial charge in [-0.2, -0.15) is 0 Å². The van der Waals surface area contributed by atoms with Gasteiger partial charge in [0.25, 0.3) is 0 Å². The number of aryl methyl sites for hydroxylation is 1. The molecule has 0 amide bonds. The van der Waals surface area contributed by atoms with E-state index in [0.717, 1.165) is 6.04 Å². The third-order valence-electron chi connectivity index (χ3n) is 2.93. The summed E-state index contributed by atoms with van der Waals surface area (Å²) in [6.45, 7) is 11.1. The van der Waals surface area contributed by atoms with Crippen LogP contribution in [-0.2, 0) is 5.41 Å². The van der Waals surface area contributed by atoms with Crippen LogP contribution < -0.4 is 5.32 Å². The summed E-state index contributed by atoms with van der Waals surface area (Å²) in [5, 5.41) is 4.85. The van der Waals surface area contributed by atoms with Crippen LogP contribution in [0.15, 0.2) is 0 Å². The van der Waals surface area contributed by atoms with Crippen molar-refractivity contribution < 1.29 is 0 Å². The molecule has 0 bridgehead atoms. The molecule has 0 radical (unpaired) electrons. The van der Waals surface area contributed by atoms with Crippen molar-refractivity contribution in [2.24, 2.45) is 0 Å². The van der Waals surface area contributed by atoms with E-state index in [9.17, 15) is 0 Å². The molecule has 90 valence electrons. The van der Waals surface area contributed by atoms with E-state index in [1.54, 1.807) is 0 Å². The number of nitrogens with one attached hydrogen (secondary N) is 1. The van der Waals surface area contributed by atoms with E-state index in [0.29, 0.717) is 6.04 Å². The van der Waals surface area contributed by atoms with E-state index in [1.165, 1.54) is 28.4 Å². The summed E-state index contributed by atoms with van der Waals surface area (Å²) in [6.07, 6.45) is 2.67. The number of hydrogen-bond donors (Lipinski definition) is 1. The summed E-state index contributed by atoms with van der Waals surface area (Å²) >= 11 is 1.87. The minimum atomic E-state index is 0.222. The summed E-state index contributed by atoms with van der Waals surface area (Å²) in [5.74, 6) is 0. The lowest BCUT2D eigenvalue weighted by Crippen LogP contribution is -2.20. The van der Waals surface area contributed by atoms with Crippen LogP contribution in [0.5, 0.6) is 0 Å². The largest absolute Gasteiger partial charge is 0.305 e. The van der Waals surface area contributed by atoms with E-state index >= 15 is 0 Å². The second kappa shape index (κ2) is 4.11. The lowest BCUT2D eigenvalue weighted by molar-refractivity contribution is 0.567. The van der Waals surface area contributed by atoms with Gasteiger partial charge in [-0.1, -0.05) is 20.8 Å². The first kappa shape index (κ1) is 12.1. The Kier molecular flexibility index (Phi) is 3.10. The van der Waals surface area contributed by atoms with Gasteiger partial charge in [-0.05, 0) is 32.1 Å². The Morgan fingerprint density at radius 3 is 2.44 bits per heavy atom. The molecule has 0 saturated heterocycles. The lowest BCUT2D eigenvalue weighted by atomic mass is 9.93. The molecule has 1 aromatic heterocycles. The van der Waals surface area contributed by atoms with Crippen molar-refractivity contribution in [1.29, 1.82) is 0 Å². The predicted octanol–water partition coefficient (Wildman–Crippen LogP) is 3.56. The van der Waals surface area contributed by atoms with Crippen molar-refractivity contribution >= 4 is 11.3 Å². The van der Waals surface area contributed by atoms with Crippen LogP contribution in [0.3, 0.4) is 0 Å². The standard InChI is InChI=1S/C13H22N2S/c1-8-11(13(3,4)5)16-12(15-8)9(2)14-10-6-7-10/h9-10,14H,6-7H2,1-5H3. The molecule has 1 saturated carbocycles. The van der Waals surface area contributed by atoms with Crippen LogP contribution in [-0.4, -0.2) is 11.0 Å². The molecule has 1 aliphatic rings. The van der Waals surface area contributed by atoms with Crippen LogP contribution in [0.1, 0.15) is 62.2 Å². The lowest BCUT2D eigenvalue weighted by Gasteiger charge is -2.16. The Bertz CT molecular complexity index is 372. The van der Waals surface area contributed by atoms with Crippen LogP contribution in [0.2, 0.25) is 0 Å². The first-order valence-corrected chi connectivity index (χ1v) is 6.93. The topological polar surface area (TPSA) is 24.9 Å². The molecule has 3 heteroatoms. The Morgan fingerprint density at radius 2 is 2.00 bits per heavy atom. The molecule has 1 atom stereocenters. The summed E-state index contributed by atoms with van der Waals surface area (Å²) in [6, 6.07) is 1.16. The molecule has 0 aromatic carbocycles. The van der Waals surface area contributed by atoms with Crippen molar-refractivity contribution in [3.05, 3.63) is 15.6 Å². The molecular formula is C13H22N2S. The summed E-state index contributed by atoms with van der Waals surface area (Å²) in [4.78, 5) is 6.14.